The third-order valence-electron chi connectivity index (χ3n) is 10.1. The van der Waals surface area contributed by atoms with E-state index in [1.54, 1.807) is 0 Å². The molecule has 8 aromatic carbocycles. The Hall–Kier alpha value is -6.69. The summed E-state index contributed by atoms with van der Waals surface area (Å²) in [5.74, 6) is 1.85. The van der Waals surface area contributed by atoms with Gasteiger partial charge in [0.15, 0.2) is 17.5 Å². The number of para-hydroxylation sites is 1. The van der Waals surface area contributed by atoms with E-state index in [1.807, 2.05) is 65.9 Å². The Bertz CT molecular complexity index is 3180. The molecule has 3 heterocycles. The van der Waals surface area contributed by atoms with E-state index in [-0.39, 0.29) is 0 Å². The fraction of sp³-hybridized carbons (Fsp3) is 0. The highest BCUT2D eigenvalue weighted by Crippen LogP contribution is 2.46. The van der Waals surface area contributed by atoms with Gasteiger partial charge in [0.05, 0.1) is 0 Å². The first kappa shape index (κ1) is 29.1. The number of fused-ring (bicyclic) bond motifs is 10. The number of furan rings is 1. The zero-order chi connectivity index (χ0) is 34.2. The smallest absolute Gasteiger partial charge is 0.164 e. The van der Waals surface area contributed by atoms with Crippen LogP contribution in [0.2, 0.25) is 0 Å². The quantitative estimate of drug-likeness (QED) is 0.174. The minimum Gasteiger partial charge on any atom is -0.456 e. The van der Waals surface area contributed by atoms with Crippen LogP contribution in [0.25, 0.3) is 109 Å². The topological polar surface area (TPSA) is 51.8 Å². The molecular weight excluding hydrogens is 655 g/mol. The molecule has 52 heavy (non-hydrogen) atoms. The molecule has 0 aliphatic carbocycles. The molecule has 11 aromatic rings. The summed E-state index contributed by atoms with van der Waals surface area (Å²) in [4.78, 5) is 15.4. The van der Waals surface area contributed by atoms with Crippen molar-refractivity contribution in [3.05, 3.63) is 164 Å². The maximum absolute atomic E-state index is 6.28. The molecule has 0 aliphatic heterocycles. The molecule has 0 amide bonds. The van der Waals surface area contributed by atoms with Crippen LogP contribution in [0.4, 0.5) is 0 Å². The predicted octanol–water partition coefficient (Wildman–Crippen LogP) is 13.1. The lowest BCUT2D eigenvalue weighted by molar-refractivity contribution is 0.669. The normalized spacial score (nSPS) is 11.8. The first-order valence-corrected chi connectivity index (χ1v) is 18.2. The fourth-order valence-electron chi connectivity index (χ4n) is 7.60. The Labute approximate surface area is 302 Å². The second-order valence-electron chi connectivity index (χ2n) is 13.2. The number of rotatable bonds is 4. The Morgan fingerprint density at radius 3 is 1.81 bits per heavy atom. The molecule has 242 valence electrons. The highest BCUT2D eigenvalue weighted by atomic mass is 32.1. The molecule has 0 atom stereocenters. The molecule has 0 N–H and O–H groups in total. The van der Waals surface area contributed by atoms with Gasteiger partial charge in [-0.05, 0) is 52.1 Å². The van der Waals surface area contributed by atoms with E-state index < -0.39 is 0 Å². The maximum atomic E-state index is 6.28. The van der Waals surface area contributed by atoms with Gasteiger partial charge >= 0.3 is 0 Å². The molecular formula is C47H27N3OS. The maximum Gasteiger partial charge on any atom is 0.164 e. The lowest BCUT2D eigenvalue weighted by Gasteiger charge is -2.11. The van der Waals surface area contributed by atoms with Crippen molar-refractivity contribution >= 4 is 75.0 Å². The fourth-order valence-corrected chi connectivity index (χ4v) is 8.99. The number of hydrogen-bond acceptors (Lipinski definition) is 5. The van der Waals surface area contributed by atoms with E-state index >= 15 is 0 Å². The molecule has 0 spiro atoms. The van der Waals surface area contributed by atoms with Crippen LogP contribution in [0.15, 0.2) is 168 Å². The summed E-state index contributed by atoms with van der Waals surface area (Å²) < 4.78 is 8.82. The molecule has 0 unspecified atom stereocenters. The predicted molar refractivity (Wildman–Crippen MR) is 217 cm³/mol. The van der Waals surface area contributed by atoms with Crippen LogP contribution in [0.5, 0.6) is 0 Å². The van der Waals surface area contributed by atoms with E-state index in [4.69, 9.17) is 19.4 Å². The Balaban J connectivity index is 1.19. The third kappa shape index (κ3) is 4.57. The molecule has 0 saturated heterocycles. The van der Waals surface area contributed by atoms with Gasteiger partial charge in [-0.15, -0.1) is 11.3 Å². The monoisotopic (exact) mass is 681 g/mol. The second-order valence-corrected chi connectivity index (χ2v) is 14.2. The Kier molecular flexibility index (Phi) is 6.39. The average Bonchev–Trinajstić information content (AvgIpc) is 3.79. The summed E-state index contributed by atoms with van der Waals surface area (Å²) >= 11 is 1.87. The molecule has 0 bridgehead atoms. The minimum atomic E-state index is 0.597. The van der Waals surface area contributed by atoms with Gasteiger partial charge in [-0.25, -0.2) is 15.0 Å². The Morgan fingerprint density at radius 1 is 0.365 bits per heavy atom. The lowest BCUT2D eigenvalue weighted by Crippen LogP contribution is -2.00. The van der Waals surface area contributed by atoms with E-state index in [0.29, 0.717) is 17.5 Å². The highest BCUT2D eigenvalue weighted by molar-refractivity contribution is 7.27. The summed E-state index contributed by atoms with van der Waals surface area (Å²) in [5.41, 5.74) is 6.73. The number of thiophene rings is 1. The number of aromatic nitrogens is 3. The van der Waals surface area contributed by atoms with Gasteiger partial charge in [0.2, 0.25) is 0 Å². The summed E-state index contributed by atoms with van der Waals surface area (Å²) in [5, 5.41) is 9.65. The van der Waals surface area contributed by atoms with Crippen LogP contribution in [0.1, 0.15) is 0 Å². The summed E-state index contributed by atoms with van der Waals surface area (Å²) in [6, 6.07) is 57.4. The van der Waals surface area contributed by atoms with Crippen LogP contribution in [0, 0.1) is 0 Å². The van der Waals surface area contributed by atoms with Gasteiger partial charge in [-0.2, -0.15) is 0 Å². The lowest BCUT2D eigenvalue weighted by atomic mass is 9.97. The molecule has 0 radical (unpaired) electrons. The van der Waals surface area contributed by atoms with Crippen LogP contribution in [0.3, 0.4) is 0 Å². The van der Waals surface area contributed by atoms with Gasteiger partial charge in [0.25, 0.3) is 0 Å². The Morgan fingerprint density at radius 2 is 0.981 bits per heavy atom. The highest BCUT2D eigenvalue weighted by Gasteiger charge is 2.19. The summed E-state index contributed by atoms with van der Waals surface area (Å²) in [6.07, 6.45) is 0. The van der Waals surface area contributed by atoms with Gasteiger partial charge < -0.3 is 4.42 Å². The summed E-state index contributed by atoms with van der Waals surface area (Å²) in [6.45, 7) is 0. The second kappa shape index (κ2) is 11.4. The van der Waals surface area contributed by atoms with Crippen LogP contribution in [-0.2, 0) is 0 Å². The molecule has 0 aliphatic rings. The summed E-state index contributed by atoms with van der Waals surface area (Å²) in [7, 11) is 0. The van der Waals surface area contributed by atoms with E-state index in [0.717, 1.165) is 49.8 Å². The van der Waals surface area contributed by atoms with Crippen molar-refractivity contribution in [2.24, 2.45) is 0 Å². The van der Waals surface area contributed by atoms with Crippen LogP contribution >= 0.6 is 11.3 Å². The zero-order valence-electron chi connectivity index (χ0n) is 27.7. The number of nitrogens with zero attached hydrogens (tertiary/aromatic N) is 3. The largest absolute Gasteiger partial charge is 0.456 e. The number of hydrogen-bond donors (Lipinski definition) is 0. The first-order valence-electron chi connectivity index (χ1n) is 17.3. The number of benzene rings is 8. The van der Waals surface area contributed by atoms with Crippen molar-refractivity contribution in [2.75, 3.05) is 0 Å². The molecule has 4 nitrogen and oxygen atoms in total. The van der Waals surface area contributed by atoms with Gasteiger partial charge in [-0.1, -0.05) is 133 Å². The van der Waals surface area contributed by atoms with Crippen molar-refractivity contribution in [1.82, 2.24) is 15.0 Å². The standard InChI is InChI=1S/C47H27N3OS/c1-3-11-28(12-4-1)38-25-33(26-39-37-24-21-30-20-19-29-13-7-8-16-34(29)42(30)44(37)52-43(38)39)47-49-45(31-14-5-2-6-15-31)48-46(50-47)32-22-23-36-35-17-9-10-18-40(35)51-41(36)27-32/h1-27H. The van der Waals surface area contributed by atoms with Crippen molar-refractivity contribution in [3.63, 3.8) is 0 Å². The molecule has 0 saturated carbocycles. The zero-order valence-corrected chi connectivity index (χ0v) is 28.6. The molecule has 3 aromatic heterocycles. The molecule has 11 rings (SSSR count). The van der Waals surface area contributed by atoms with E-state index in [2.05, 4.69) is 109 Å². The first-order chi connectivity index (χ1) is 25.7. The van der Waals surface area contributed by atoms with Crippen LogP contribution < -0.4 is 0 Å². The van der Waals surface area contributed by atoms with Crippen molar-refractivity contribution in [3.8, 4) is 45.3 Å². The average molecular weight is 682 g/mol. The van der Waals surface area contributed by atoms with Crippen molar-refractivity contribution in [2.45, 2.75) is 0 Å². The SMILES string of the molecule is c1ccc(-c2nc(-c3ccc4c(c3)oc3ccccc34)nc(-c3cc(-c4ccccc4)c4sc5c(ccc6ccc7ccccc7c65)c4c3)n2)cc1. The third-order valence-corrected chi connectivity index (χ3v) is 11.4. The molecule has 5 heteroatoms. The van der Waals surface area contributed by atoms with E-state index in [1.165, 1.54) is 41.7 Å². The van der Waals surface area contributed by atoms with Gasteiger partial charge in [-0.3, -0.25) is 0 Å². The van der Waals surface area contributed by atoms with E-state index in [9.17, 15) is 0 Å². The van der Waals surface area contributed by atoms with Gasteiger partial charge in [0.1, 0.15) is 11.2 Å². The van der Waals surface area contributed by atoms with Crippen LogP contribution in [-0.4, -0.2) is 15.0 Å². The molecule has 0 fully saturated rings. The van der Waals surface area contributed by atoms with Crippen molar-refractivity contribution in [1.29, 1.82) is 0 Å². The van der Waals surface area contributed by atoms with Gasteiger partial charge in [0, 0.05) is 58.6 Å². The minimum absolute atomic E-state index is 0.597. The van der Waals surface area contributed by atoms with Crippen molar-refractivity contribution < 1.29 is 4.42 Å².